The van der Waals surface area contributed by atoms with E-state index in [9.17, 15) is 4.79 Å². The topological polar surface area (TPSA) is 36.8 Å². The Labute approximate surface area is 155 Å². The largest absolute Gasteiger partial charge is 0.378 e. The van der Waals surface area contributed by atoms with Crippen molar-refractivity contribution in [1.82, 2.24) is 0 Å². The molecule has 0 aliphatic heterocycles. The van der Waals surface area contributed by atoms with Crippen LogP contribution in [0.15, 0.2) is 42.5 Å². The highest BCUT2D eigenvalue weighted by molar-refractivity contribution is 6.33. The molecule has 0 radical (unpaired) electrons. The fourth-order valence-corrected chi connectivity index (χ4v) is 2.94. The van der Waals surface area contributed by atoms with E-state index >= 15 is 0 Å². The van der Waals surface area contributed by atoms with Crippen molar-refractivity contribution >= 4 is 28.9 Å². The number of hydrogen-bond acceptors (Lipinski definition) is 2. The van der Waals surface area contributed by atoms with Crippen LogP contribution in [0.5, 0.6) is 0 Å². The van der Waals surface area contributed by atoms with Gasteiger partial charge in [0.15, 0.2) is 6.54 Å². The van der Waals surface area contributed by atoms with Gasteiger partial charge in [-0.05, 0) is 43.7 Å². The first-order valence-electron chi connectivity index (χ1n) is 8.55. The molecule has 0 heterocycles. The van der Waals surface area contributed by atoms with Gasteiger partial charge in [-0.1, -0.05) is 29.8 Å². The number of rotatable bonds is 7. The highest BCUT2D eigenvalue weighted by atomic mass is 35.5. The van der Waals surface area contributed by atoms with Crippen molar-refractivity contribution in [3.8, 4) is 0 Å². The quantitative estimate of drug-likeness (QED) is 0.796. The van der Waals surface area contributed by atoms with Crippen molar-refractivity contribution in [2.24, 2.45) is 0 Å². The van der Waals surface area contributed by atoms with Gasteiger partial charge in [0.25, 0.3) is 5.91 Å². The Morgan fingerprint density at radius 2 is 1.84 bits per heavy atom. The van der Waals surface area contributed by atoms with Gasteiger partial charge >= 0.3 is 0 Å². The van der Waals surface area contributed by atoms with Crippen LogP contribution in [0.1, 0.15) is 18.1 Å². The second-order valence-corrected chi connectivity index (χ2v) is 6.96. The van der Waals surface area contributed by atoms with Gasteiger partial charge in [0.05, 0.1) is 17.3 Å². The van der Waals surface area contributed by atoms with Crippen LogP contribution in [0.4, 0.5) is 11.4 Å². The number of nitrogens with zero attached hydrogens (tertiary/aromatic N) is 1. The molecule has 0 bridgehead atoms. The Morgan fingerprint density at radius 3 is 2.40 bits per heavy atom. The lowest BCUT2D eigenvalue weighted by molar-refractivity contribution is -0.903. The molecule has 134 valence electrons. The van der Waals surface area contributed by atoms with Crippen LogP contribution in [0.3, 0.4) is 0 Å². The van der Waals surface area contributed by atoms with Crippen molar-refractivity contribution in [1.29, 1.82) is 0 Å². The number of carbonyl (C=O) groups excluding carboxylic acids is 1. The van der Waals surface area contributed by atoms with Gasteiger partial charge in [-0.3, -0.25) is 4.79 Å². The van der Waals surface area contributed by atoms with Crippen LogP contribution in [-0.4, -0.2) is 33.1 Å². The molecule has 0 aliphatic rings. The van der Waals surface area contributed by atoms with E-state index in [1.54, 1.807) is 0 Å². The Kier molecular flexibility index (Phi) is 6.85. The van der Waals surface area contributed by atoms with E-state index in [2.05, 4.69) is 41.4 Å². The Morgan fingerprint density at radius 1 is 1.16 bits per heavy atom. The first-order chi connectivity index (χ1) is 11.9. The molecular weight excluding hydrogens is 334 g/mol. The summed E-state index contributed by atoms with van der Waals surface area (Å²) in [5.74, 6) is -0.0208. The van der Waals surface area contributed by atoms with Gasteiger partial charge < -0.3 is 15.1 Å². The number of carbonyl (C=O) groups is 1. The maximum atomic E-state index is 12.4. The fourth-order valence-electron chi connectivity index (χ4n) is 2.66. The molecule has 1 amide bonds. The molecule has 4 nitrogen and oxygen atoms in total. The number of nitrogens with one attached hydrogen (secondary N) is 2. The zero-order chi connectivity index (χ0) is 18.4. The Hall–Kier alpha value is -2.04. The van der Waals surface area contributed by atoms with E-state index in [4.69, 9.17) is 11.6 Å². The maximum absolute atomic E-state index is 12.4. The molecule has 0 spiro atoms. The van der Waals surface area contributed by atoms with Gasteiger partial charge in [-0.15, -0.1) is 0 Å². The molecule has 2 aromatic rings. The van der Waals surface area contributed by atoms with Crippen molar-refractivity contribution in [2.75, 3.05) is 37.4 Å². The summed E-state index contributed by atoms with van der Waals surface area (Å²) >= 11 is 6.19. The van der Waals surface area contributed by atoms with Crippen LogP contribution in [0.2, 0.25) is 5.02 Å². The maximum Gasteiger partial charge on any atom is 0.279 e. The summed E-state index contributed by atoms with van der Waals surface area (Å²) in [6.45, 7) is 6.18. The molecule has 2 aromatic carbocycles. The molecule has 1 unspecified atom stereocenters. The Balaban J connectivity index is 1.95. The molecule has 0 aliphatic carbocycles. The van der Waals surface area contributed by atoms with Crippen LogP contribution in [0.25, 0.3) is 0 Å². The fraction of sp³-hybridized carbons (Fsp3) is 0.350. The number of anilines is 2. The number of hydrogen-bond donors (Lipinski definition) is 2. The van der Waals surface area contributed by atoms with E-state index in [1.165, 1.54) is 16.2 Å². The van der Waals surface area contributed by atoms with Crippen LogP contribution in [-0.2, 0) is 11.3 Å². The third-order valence-electron chi connectivity index (χ3n) is 4.22. The second-order valence-electron chi connectivity index (χ2n) is 6.55. The molecule has 2 N–H and O–H groups in total. The van der Waals surface area contributed by atoms with E-state index < -0.39 is 0 Å². The number of quaternary nitrogens is 1. The predicted molar refractivity (Wildman–Crippen MR) is 106 cm³/mol. The van der Waals surface area contributed by atoms with Crippen LogP contribution in [0, 0.1) is 6.92 Å². The van der Waals surface area contributed by atoms with Crippen LogP contribution < -0.4 is 15.1 Å². The molecule has 0 fully saturated rings. The van der Waals surface area contributed by atoms with Gasteiger partial charge in [0.2, 0.25) is 0 Å². The average Bonchev–Trinajstić information content (AvgIpc) is 2.57. The van der Waals surface area contributed by atoms with E-state index in [0.29, 0.717) is 17.3 Å². The first kappa shape index (κ1) is 19.3. The Bertz CT molecular complexity index is 713. The number of aryl methyl sites for hydroxylation is 1. The third kappa shape index (κ3) is 5.76. The number of benzene rings is 2. The summed E-state index contributed by atoms with van der Waals surface area (Å²) < 4.78 is 0. The lowest BCUT2D eigenvalue weighted by Crippen LogP contribution is -3.11. The molecule has 0 saturated carbocycles. The zero-order valence-corrected chi connectivity index (χ0v) is 16.2. The standard InChI is InChI=1S/C20H26ClN3O/c1-5-24(13-16-7-9-17(10-8-16)23(3)4)14-20(25)22-19-11-6-15(2)12-18(19)21/h6-12H,5,13-14H2,1-4H3,(H,22,25)/p+1. The zero-order valence-electron chi connectivity index (χ0n) is 15.4. The smallest absolute Gasteiger partial charge is 0.279 e. The predicted octanol–water partition coefficient (Wildman–Crippen LogP) is 2.76. The lowest BCUT2D eigenvalue weighted by Gasteiger charge is -2.18. The highest BCUT2D eigenvalue weighted by Gasteiger charge is 2.14. The normalized spacial score (nSPS) is 11.9. The number of amides is 1. The molecule has 0 aromatic heterocycles. The molecule has 5 heteroatoms. The monoisotopic (exact) mass is 360 g/mol. The average molecular weight is 361 g/mol. The van der Waals surface area contributed by atoms with Crippen molar-refractivity contribution in [3.63, 3.8) is 0 Å². The minimum Gasteiger partial charge on any atom is -0.378 e. The second kappa shape index (κ2) is 8.88. The summed E-state index contributed by atoms with van der Waals surface area (Å²) in [5.41, 5.74) is 4.14. The van der Waals surface area contributed by atoms with Crippen molar-refractivity contribution in [2.45, 2.75) is 20.4 Å². The first-order valence-corrected chi connectivity index (χ1v) is 8.92. The number of halogens is 1. The van der Waals surface area contributed by atoms with Gasteiger partial charge in [0.1, 0.15) is 6.54 Å². The lowest BCUT2D eigenvalue weighted by atomic mass is 10.2. The molecular formula is C20H27ClN3O+. The van der Waals surface area contributed by atoms with Gasteiger partial charge in [0, 0.05) is 25.3 Å². The summed E-state index contributed by atoms with van der Waals surface area (Å²) in [5, 5.41) is 3.49. The van der Waals surface area contributed by atoms with Gasteiger partial charge in [-0.25, -0.2) is 0 Å². The molecule has 2 rings (SSSR count). The van der Waals surface area contributed by atoms with Crippen LogP contribution >= 0.6 is 11.6 Å². The molecule has 0 saturated heterocycles. The van der Waals surface area contributed by atoms with Gasteiger partial charge in [-0.2, -0.15) is 0 Å². The SMILES string of the molecule is CC[NH+](CC(=O)Nc1ccc(C)cc1Cl)Cc1ccc(N(C)C)cc1. The summed E-state index contributed by atoms with van der Waals surface area (Å²) in [6.07, 6.45) is 0. The highest BCUT2D eigenvalue weighted by Crippen LogP contribution is 2.22. The number of likely N-dealkylation sites (N-methyl/N-ethyl adjacent to an activating group) is 1. The van der Waals surface area contributed by atoms with E-state index in [-0.39, 0.29) is 5.91 Å². The minimum absolute atomic E-state index is 0.0208. The summed E-state index contributed by atoms with van der Waals surface area (Å²) in [4.78, 5) is 15.6. The third-order valence-corrected chi connectivity index (χ3v) is 4.53. The molecule has 1 atom stereocenters. The molecule has 25 heavy (non-hydrogen) atoms. The van der Waals surface area contributed by atoms with Crippen molar-refractivity contribution < 1.29 is 9.69 Å². The van der Waals surface area contributed by atoms with E-state index in [1.807, 2.05) is 39.2 Å². The summed E-state index contributed by atoms with van der Waals surface area (Å²) in [7, 11) is 4.05. The summed E-state index contributed by atoms with van der Waals surface area (Å²) in [6, 6.07) is 14.1. The van der Waals surface area contributed by atoms with Crippen molar-refractivity contribution in [3.05, 3.63) is 58.6 Å². The van der Waals surface area contributed by atoms with E-state index in [0.717, 1.165) is 18.7 Å². The minimum atomic E-state index is -0.0208.